The Balaban J connectivity index is 2.20. The lowest BCUT2D eigenvalue weighted by atomic mass is 9.94. The Morgan fingerprint density at radius 1 is 1.43 bits per heavy atom. The van der Waals surface area contributed by atoms with Gasteiger partial charge in [-0.3, -0.25) is 0 Å². The fourth-order valence-electron chi connectivity index (χ4n) is 3.01. The first kappa shape index (κ1) is 16.3. The third-order valence-corrected chi connectivity index (χ3v) is 6.23. The first-order valence-electron chi connectivity index (χ1n) is 7.11. The van der Waals surface area contributed by atoms with Gasteiger partial charge in [0.25, 0.3) is 0 Å². The molecule has 0 amide bonds. The fourth-order valence-corrected chi connectivity index (χ4v) is 4.69. The van der Waals surface area contributed by atoms with Crippen molar-refractivity contribution in [1.29, 1.82) is 5.26 Å². The third-order valence-electron chi connectivity index (χ3n) is 4.43. The Morgan fingerprint density at radius 2 is 2.14 bits per heavy atom. The summed E-state index contributed by atoms with van der Waals surface area (Å²) in [4.78, 5) is 0.110. The van der Waals surface area contributed by atoms with Gasteiger partial charge in [-0.2, -0.15) is 5.26 Å². The van der Waals surface area contributed by atoms with E-state index in [1.165, 1.54) is 18.2 Å². The molecule has 1 aliphatic rings. The van der Waals surface area contributed by atoms with Crippen LogP contribution in [0.15, 0.2) is 23.1 Å². The van der Waals surface area contributed by atoms with Crippen LogP contribution in [0.2, 0.25) is 5.02 Å². The number of hydrogen-bond acceptors (Lipinski definition) is 3. The molecule has 1 fully saturated rings. The van der Waals surface area contributed by atoms with Crippen LogP contribution in [0.4, 0.5) is 0 Å². The number of halogens is 1. The second kappa shape index (κ2) is 6.35. The average molecular weight is 327 g/mol. The number of benzene rings is 1. The molecule has 3 atom stereocenters. The SMILES string of the molecule is CCC1CCC(NS(=O)(=O)c2ccc(C#N)c(Cl)c2)C1C. The Labute approximate surface area is 131 Å². The molecule has 0 aliphatic heterocycles. The highest BCUT2D eigenvalue weighted by Gasteiger charge is 2.34. The van der Waals surface area contributed by atoms with Crippen molar-refractivity contribution in [3.63, 3.8) is 0 Å². The Hall–Kier alpha value is -1.09. The van der Waals surface area contributed by atoms with Crippen LogP contribution in [0.25, 0.3) is 0 Å². The summed E-state index contributed by atoms with van der Waals surface area (Å²) in [6.45, 7) is 4.23. The van der Waals surface area contributed by atoms with E-state index in [4.69, 9.17) is 16.9 Å². The zero-order valence-electron chi connectivity index (χ0n) is 12.1. The Kier molecular flexibility index (Phi) is 4.92. The quantitative estimate of drug-likeness (QED) is 0.922. The molecule has 0 saturated heterocycles. The van der Waals surface area contributed by atoms with Crippen LogP contribution >= 0.6 is 11.6 Å². The number of rotatable bonds is 4. The smallest absolute Gasteiger partial charge is 0.208 e. The summed E-state index contributed by atoms with van der Waals surface area (Å²) >= 11 is 5.91. The molecule has 2 rings (SSSR count). The second-order valence-electron chi connectivity index (χ2n) is 5.59. The van der Waals surface area contributed by atoms with E-state index < -0.39 is 10.0 Å². The lowest BCUT2D eigenvalue weighted by Crippen LogP contribution is -2.37. The summed E-state index contributed by atoms with van der Waals surface area (Å²) in [5.74, 6) is 0.904. The van der Waals surface area contributed by atoms with Gasteiger partial charge in [-0.1, -0.05) is 31.9 Å². The summed E-state index contributed by atoms with van der Waals surface area (Å²) in [6.07, 6.45) is 2.99. The summed E-state index contributed by atoms with van der Waals surface area (Å²) in [5.41, 5.74) is 0.274. The molecule has 1 aliphatic carbocycles. The van der Waals surface area contributed by atoms with Crippen molar-refractivity contribution in [3.8, 4) is 6.07 Å². The zero-order valence-corrected chi connectivity index (χ0v) is 13.7. The van der Waals surface area contributed by atoms with E-state index in [0.29, 0.717) is 11.8 Å². The van der Waals surface area contributed by atoms with Crippen molar-refractivity contribution in [2.75, 3.05) is 0 Å². The Bertz CT molecular complexity index is 667. The van der Waals surface area contributed by atoms with E-state index in [0.717, 1.165) is 19.3 Å². The number of nitriles is 1. The van der Waals surface area contributed by atoms with Crippen molar-refractivity contribution in [1.82, 2.24) is 4.72 Å². The van der Waals surface area contributed by atoms with Crippen LogP contribution in [0.3, 0.4) is 0 Å². The van der Waals surface area contributed by atoms with Gasteiger partial charge >= 0.3 is 0 Å². The first-order valence-corrected chi connectivity index (χ1v) is 8.97. The molecule has 21 heavy (non-hydrogen) atoms. The lowest BCUT2D eigenvalue weighted by Gasteiger charge is -2.21. The fraction of sp³-hybridized carbons (Fsp3) is 0.533. The minimum absolute atomic E-state index is 0.0330. The van der Waals surface area contributed by atoms with Gasteiger partial charge in [-0.25, -0.2) is 13.1 Å². The molecule has 3 unspecified atom stereocenters. The molecule has 114 valence electrons. The summed E-state index contributed by atoms with van der Waals surface area (Å²) < 4.78 is 27.6. The minimum Gasteiger partial charge on any atom is -0.208 e. The van der Waals surface area contributed by atoms with Gasteiger partial charge in [0.2, 0.25) is 10.0 Å². The molecule has 1 saturated carbocycles. The highest BCUT2D eigenvalue weighted by Crippen LogP contribution is 2.34. The van der Waals surface area contributed by atoms with Crippen LogP contribution in [0, 0.1) is 23.2 Å². The van der Waals surface area contributed by atoms with Gasteiger partial charge in [-0.05, 0) is 42.9 Å². The maximum atomic E-state index is 12.4. The molecule has 0 aromatic heterocycles. The van der Waals surface area contributed by atoms with E-state index in [-0.39, 0.29) is 21.5 Å². The first-order chi connectivity index (χ1) is 9.89. The molecule has 0 radical (unpaired) electrons. The number of nitrogens with zero attached hydrogens (tertiary/aromatic N) is 1. The van der Waals surface area contributed by atoms with Crippen LogP contribution < -0.4 is 4.72 Å². The van der Waals surface area contributed by atoms with Crippen LogP contribution in [-0.2, 0) is 10.0 Å². The monoisotopic (exact) mass is 326 g/mol. The maximum absolute atomic E-state index is 12.4. The van der Waals surface area contributed by atoms with Gasteiger partial charge in [0.05, 0.1) is 15.5 Å². The molecule has 0 heterocycles. The summed E-state index contributed by atoms with van der Waals surface area (Å²) in [6, 6.07) is 6.07. The van der Waals surface area contributed by atoms with E-state index in [9.17, 15) is 8.42 Å². The van der Waals surface area contributed by atoms with Gasteiger partial charge in [0.1, 0.15) is 6.07 Å². The summed E-state index contributed by atoms with van der Waals surface area (Å²) in [5, 5.41) is 8.99. The standard InChI is InChI=1S/C15H19ClN2O2S/c1-3-11-5-7-15(10(11)2)18-21(19,20)13-6-4-12(9-17)14(16)8-13/h4,6,8,10-11,15,18H,3,5,7H2,1-2H3. The van der Waals surface area contributed by atoms with E-state index >= 15 is 0 Å². The maximum Gasteiger partial charge on any atom is 0.240 e. The molecule has 1 aromatic carbocycles. The van der Waals surface area contributed by atoms with Gasteiger partial charge in [0.15, 0.2) is 0 Å². The summed E-state index contributed by atoms with van der Waals surface area (Å²) in [7, 11) is -3.60. The van der Waals surface area contributed by atoms with Crippen LogP contribution in [-0.4, -0.2) is 14.5 Å². The molecular weight excluding hydrogens is 308 g/mol. The number of sulfonamides is 1. The normalized spacial score (nSPS) is 25.7. The second-order valence-corrected chi connectivity index (χ2v) is 7.71. The predicted molar refractivity (Wildman–Crippen MR) is 82.5 cm³/mol. The molecule has 1 aromatic rings. The van der Waals surface area contributed by atoms with Crippen molar-refractivity contribution >= 4 is 21.6 Å². The van der Waals surface area contributed by atoms with Gasteiger partial charge < -0.3 is 0 Å². The number of hydrogen-bond donors (Lipinski definition) is 1. The highest BCUT2D eigenvalue weighted by molar-refractivity contribution is 7.89. The van der Waals surface area contributed by atoms with Gasteiger partial charge in [0, 0.05) is 6.04 Å². The molecule has 0 bridgehead atoms. The molecule has 4 nitrogen and oxygen atoms in total. The van der Waals surface area contributed by atoms with Crippen LogP contribution in [0.1, 0.15) is 38.7 Å². The number of nitrogens with one attached hydrogen (secondary N) is 1. The topological polar surface area (TPSA) is 70.0 Å². The van der Waals surface area contributed by atoms with Crippen molar-refractivity contribution < 1.29 is 8.42 Å². The zero-order chi connectivity index (χ0) is 15.6. The lowest BCUT2D eigenvalue weighted by molar-refractivity contribution is 0.368. The van der Waals surface area contributed by atoms with Crippen molar-refractivity contribution in [2.24, 2.45) is 11.8 Å². The Morgan fingerprint density at radius 3 is 2.67 bits per heavy atom. The van der Waals surface area contributed by atoms with Gasteiger partial charge in [-0.15, -0.1) is 0 Å². The molecular formula is C15H19ClN2O2S. The van der Waals surface area contributed by atoms with E-state index in [1.54, 1.807) is 0 Å². The molecule has 6 heteroatoms. The van der Waals surface area contributed by atoms with E-state index in [1.807, 2.05) is 6.07 Å². The largest absolute Gasteiger partial charge is 0.240 e. The van der Waals surface area contributed by atoms with Crippen LogP contribution in [0.5, 0.6) is 0 Å². The molecule has 0 spiro atoms. The highest BCUT2D eigenvalue weighted by atomic mass is 35.5. The minimum atomic E-state index is -3.60. The van der Waals surface area contributed by atoms with Crippen molar-refractivity contribution in [2.45, 2.75) is 44.0 Å². The third kappa shape index (κ3) is 3.39. The molecule has 1 N–H and O–H groups in total. The average Bonchev–Trinajstić information content (AvgIpc) is 2.79. The van der Waals surface area contributed by atoms with E-state index in [2.05, 4.69) is 18.6 Å². The predicted octanol–water partition coefficient (Wildman–Crippen LogP) is 3.31. The van der Waals surface area contributed by atoms with Crippen molar-refractivity contribution in [3.05, 3.63) is 28.8 Å².